The van der Waals surface area contributed by atoms with Gasteiger partial charge in [0.1, 0.15) is 5.75 Å². The molecule has 0 amide bonds. The van der Waals surface area contributed by atoms with Crippen molar-refractivity contribution in [3.63, 3.8) is 0 Å². The molecule has 0 radical (unpaired) electrons. The summed E-state index contributed by atoms with van der Waals surface area (Å²) in [5.41, 5.74) is 1.33. The van der Waals surface area contributed by atoms with Gasteiger partial charge in [0.15, 0.2) is 0 Å². The molecule has 0 spiro atoms. The second-order valence-electron chi connectivity index (χ2n) is 5.50. The van der Waals surface area contributed by atoms with Crippen LogP contribution in [0.4, 0.5) is 0 Å². The van der Waals surface area contributed by atoms with Crippen LogP contribution in [0.2, 0.25) is 0 Å². The third-order valence-electron chi connectivity index (χ3n) is 4.04. The van der Waals surface area contributed by atoms with E-state index in [1.807, 2.05) is 12.1 Å². The van der Waals surface area contributed by atoms with Crippen LogP contribution in [0, 0.1) is 0 Å². The molecule has 1 unspecified atom stereocenters. The van der Waals surface area contributed by atoms with Gasteiger partial charge in [-0.1, -0.05) is 18.6 Å². The predicted octanol–water partition coefficient (Wildman–Crippen LogP) is 3.59. The highest BCUT2D eigenvalue weighted by atomic mass is 16.3. The molecule has 0 aromatic heterocycles. The molecule has 1 aromatic carbocycles. The van der Waals surface area contributed by atoms with Crippen LogP contribution in [-0.4, -0.2) is 29.1 Å². The van der Waals surface area contributed by atoms with Crippen LogP contribution >= 0.6 is 0 Å². The molecule has 1 N–H and O–H groups in total. The highest BCUT2D eigenvalue weighted by molar-refractivity contribution is 5.25. The van der Waals surface area contributed by atoms with E-state index in [2.05, 4.69) is 11.8 Å². The van der Waals surface area contributed by atoms with Gasteiger partial charge in [0.05, 0.1) is 0 Å². The molecule has 0 bridgehead atoms. The first-order valence-corrected chi connectivity index (χ1v) is 7.27. The number of phenolic OH excluding ortho intramolecular Hbond substituents is 1. The molecular weight excluding hydrogens is 222 g/mol. The van der Waals surface area contributed by atoms with Gasteiger partial charge in [-0.25, -0.2) is 0 Å². The average Bonchev–Trinajstić information content (AvgIpc) is 2.39. The maximum absolute atomic E-state index is 9.22. The molecule has 1 saturated heterocycles. The Balaban J connectivity index is 1.65. The maximum atomic E-state index is 9.22. The van der Waals surface area contributed by atoms with Crippen molar-refractivity contribution in [3.05, 3.63) is 29.8 Å². The number of phenols is 1. The minimum atomic E-state index is 0.362. The Morgan fingerprint density at radius 3 is 2.67 bits per heavy atom. The maximum Gasteiger partial charge on any atom is 0.115 e. The van der Waals surface area contributed by atoms with Crippen LogP contribution in [-0.2, 0) is 6.42 Å². The van der Waals surface area contributed by atoms with E-state index in [0.717, 1.165) is 12.5 Å². The quantitative estimate of drug-likeness (QED) is 0.804. The van der Waals surface area contributed by atoms with Crippen LogP contribution in [0.3, 0.4) is 0 Å². The zero-order valence-corrected chi connectivity index (χ0v) is 11.4. The van der Waals surface area contributed by atoms with E-state index in [1.54, 1.807) is 12.1 Å². The summed E-state index contributed by atoms with van der Waals surface area (Å²) in [6.07, 6.45) is 7.81. The fraction of sp³-hybridized carbons (Fsp3) is 0.625. The predicted molar refractivity (Wildman–Crippen MR) is 75.9 cm³/mol. The fourth-order valence-corrected chi connectivity index (χ4v) is 2.80. The van der Waals surface area contributed by atoms with Crippen LogP contribution in [0.15, 0.2) is 24.3 Å². The molecule has 0 aliphatic carbocycles. The average molecular weight is 247 g/mol. The number of hydrogen-bond donors (Lipinski definition) is 1. The lowest BCUT2D eigenvalue weighted by atomic mass is 10.0. The molecule has 100 valence electrons. The Hall–Kier alpha value is -1.02. The van der Waals surface area contributed by atoms with Crippen LogP contribution in [0.5, 0.6) is 5.75 Å². The molecule has 1 aromatic rings. The largest absolute Gasteiger partial charge is 0.508 e. The van der Waals surface area contributed by atoms with Crippen molar-refractivity contribution in [3.8, 4) is 5.75 Å². The van der Waals surface area contributed by atoms with Gasteiger partial charge in [0.2, 0.25) is 0 Å². The molecule has 1 aliphatic rings. The first-order valence-electron chi connectivity index (χ1n) is 7.27. The summed E-state index contributed by atoms with van der Waals surface area (Å²) in [6, 6.07) is 8.40. The van der Waals surface area contributed by atoms with Gasteiger partial charge in [-0.05, 0) is 69.8 Å². The Labute approximate surface area is 111 Å². The minimum absolute atomic E-state index is 0.362. The Kier molecular flexibility index (Phi) is 5.06. The van der Waals surface area contributed by atoms with Gasteiger partial charge in [0.25, 0.3) is 0 Å². The second-order valence-corrected chi connectivity index (χ2v) is 5.50. The monoisotopic (exact) mass is 247 g/mol. The number of aromatic hydroxyl groups is 1. The zero-order valence-electron chi connectivity index (χ0n) is 11.4. The number of benzene rings is 1. The minimum Gasteiger partial charge on any atom is -0.508 e. The molecule has 18 heavy (non-hydrogen) atoms. The molecule has 1 aliphatic heterocycles. The number of likely N-dealkylation sites (tertiary alicyclic amines) is 1. The highest BCUT2D eigenvalue weighted by Gasteiger charge is 2.16. The smallest absolute Gasteiger partial charge is 0.115 e. The third-order valence-corrected chi connectivity index (χ3v) is 4.04. The topological polar surface area (TPSA) is 23.5 Å². The normalized spacial score (nSPS) is 21.1. The lowest BCUT2D eigenvalue weighted by Gasteiger charge is -2.33. The van der Waals surface area contributed by atoms with Gasteiger partial charge in [-0.2, -0.15) is 0 Å². The highest BCUT2D eigenvalue weighted by Crippen LogP contribution is 2.17. The lowest BCUT2D eigenvalue weighted by molar-refractivity contribution is 0.158. The molecule has 2 rings (SSSR count). The van der Waals surface area contributed by atoms with E-state index in [4.69, 9.17) is 0 Å². The lowest BCUT2D eigenvalue weighted by Crippen LogP contribution is -2.37. The molecule has 1 heterocycles. The number of unbranched alkanes of at least 4 members (excludes halogenated alkanes) is 1. The molecule has 2 heteroatoms. The van der Waals surface area contributed by atoms with Gasteiger partial charge < -0.3 is 10.0 Å². The van der Waals surface area contributed by atoms with Crippen molar-refractivity contribution >= 4 is 0 Å². The number of nitrogens with zero attached hydrogens (tertiary/aromatic N) is 1. The van der Waals surface area contributed by atoms with E-state index >= 15 is 0 Å². The number of aryl methyl sites for hydroxylation is 1. The van der Waals surface area contributed by atoms with E-state index in [-0.39, 0.29) is 0 Å². The van der Waals surface area contributed by atoms with E-state index in [1.165, 1.54) is 50.8 Å². The van der Waals surface area contributed by atoms with Gasteiger partial charge >= 0.3 is 0 Å². The number of hydrogen-bond acceptors (Lipinski definition) is 2. The van der Waals surface area contributed by atoms with Crippen molar-refractivity contribution in [1.82, 2.24) is 4.90 Å². The van der Waals surface area contributed by atoms with Gasteiger partial charge in [0, 0.05) is 6.04 Å². The number of rotatable bonds is 5. The summed E-state index contributed by atoms with van der Waals surface area (Å²) < 4.78 is 0. The first kappa shape index (κ1) is 13.4. The first-order chi connectivity index (χ1) is 8.75. The Morgan fingerprint density at radius 1 is 1.17 bits per heavy atom. The number of piperidine rings is 1. The summed E-state index contributed by atoms with van der Waals surface area (Å²) in [4.78, 5) is 2.64. The molecule has 1 atom stereocenters. The summed E-state index contributed by atoms with van der Waals surface area (Å²) in [6.45, 7) is 4.90. The van der Waals surface area contributed by atoms with Crippen LogP contribution in [0.1, 0.15) is 44.6 Å². The summed E-state index contributed by atoms with van der Waals surface area (Å²) >= 11 is 0. The van der Waals surface area contributed by atoms with E-state index < -0.39 is 0 Å². The van der Waals surface area contributed by atoms with Crippen molar-refractivity contribution in [2.24, 2.45) is 0 Å². The van der Waals surface area contributed by atoms with Crippen molar-refractivity contribution in [2.45, 2.75) is 51.5 Å². The summed E-state index contributed by atoms with van der Waals surface area (Å²) in [7, 11) is 0. The van der Waals surface area contributed by atoms with Crippen LogP contribution in [0.25, 0.3) is 0 Å². The zero-order chi connectivity index (χ0) is 12.8. The van der Waals surface area contributed by atoms with Crippen molar-refractivity contribution in [2.75, 3.05) is 13.1 Å². The van der Waals surface area contributed by atoms with E-state index in [0.29, 0.717) is 5.75 Å². The van der Waals surface area contributed by atoms with Crippen molar-refractivity contribution in [1.29, 1.82) is 0 Å². The summed E-state index contributed by atoms with van der Waals surface area (Å²) in [5, 5.41) is 9.22. The Morgan fingerprint density at radius 2 is 1.94 bits per heavy atom. The van der Waals surface area contributed by atoms with Crippen LogP contribution < -0.4 is 0 Å². The van der Waals surface area contributed by atoms with Gasteiger partial charge in [-0.15, -0.1) is 0 Å². The molecular formula is C16H25NO. The Bertz CT molecular complexity index is 347. The molecule has 2 nitrogen and oxygen atoms in total. The third kappa shape index (κ3) is 4.02. The second kappa shape index (κ2) is 6.79. The standard InChI is InChI=1S/C16H25NO/c1-14-6-2-4-12-17(14)13-5-3-7-15-8-10-16(18)11-9-15/h8-11,14,18H,2-7,12-13H2,1H3. The van der Waals surface area contributed by atoms with Gasteiger partial charge in [-0.3, -0.25) is 0 Å². The van der Waals surface area contributed by atoms with Crippen molar-refractivity contribution < 1.29 is 5.11 Å². The fourth-order valence-electron chi connectivity index (χ4n) is 2.80. The molecule has 0 saturated carbocycles. The van der Waals surface area contributed by atoms with E-state index in [9.17, 15) is 5.11 Å². The summed E-state index contributed by atoms with van der Waals surface area (Å²) in [5.74, 6) is 0.362. The molecule has 1 fully saturated rings. The SMILES string of the molecule is CC1CCCCN1CCCCc1ccc(O)cc1.